The minimum absolute atomic E-state index is 0.233. The Hall–Kier alpha value is -1.35. The van der Waals surface area contributed by atoms with Crippen molar-refractivity contribution in [2.24, 2.45) is 0 Å². The van der Waals surface area contributed by atoms with E-state index in [-0.39, 0.29) is 5.52 Å². The minimum Gasteiger partial charge on any atom is -0.496 e. The van der Waals surface area contributed by atoms with Crippen LogP contribution in [0.15, 0.2) is 24.4 Å². The number of ether oxygens (including phenoxy) is 1. The second kappa shape index (κ2) is 3.42. The predicted octanol–water partition coefficient (Wildman–Crippen LogP) is 3.04. The lowest BCUT2D eigenvalue weighted by Gasteiger charge is -2.06. The molecule has 1 heterocycles. The Balaban J connectivity index is 2.92. The van der Waals surface area contributed by atoms with Crippen molar-refractivity contribution in [3.8, 4) is 5.75 Å². The first kappa shape index (κ1) is 9.21. The molecule has 0 saturated carbocycles. The highest BCUT2D eigenvalue weighted by Crippen LogP contribution is 2.31. The van der Waals surface area contributed by atoms with Gasteiger partial charge in [-0.2, -0.15) is 0 Å². The number of rotatable bonds is 1. The van der Waals surface area contributed by atoms with Crippen molar-refractivity contribution in [3.63, 3.8) is 0 Å². The summed E-state index contributed by atoms with van der Waals surface area (Å²) < 4.78 is 18.4. The zero-order valence-corrected chi connectivity index (χ0v) is 8.18. The van der Waals surface area contributed by atoms with E-state index in [9.17, 15) is 4.39 Å². The third kappa shape index (κ3) is 1.30. The normalized spacial score (nSPS) is 10.5. The van der Waals surface area contributed by atoms with E-state index >= 15 is 0 Å². The van der Waals surface area contributed by atoms with E-state index in [1.165, 1.54) is 25.4 Å². The van der Waals surface area contributed by atoms with Crippen LogP contribution in [0.3, 0.4) is 0 Å². The standard InChI is InChI=1S/C10H7ClFNO/c1-14-8-3-2-7(12)10-9(8)6(11)4-5-13-10/h2-5H,1H3. The van der Waals surface area contributed by atoms with Gasteiger partial charge in [-0.1, -0.05) is 11.6 Å². The summed E-state index contributed by atoms with van der Waals surface area (Å²) in [4.78, 5) is 3.91. The molecule has 0 unspecified atom stereocenters. The smallest absolute Gasteiger partial charge is 0.149 e. The van der Waals surface area contributed by atoms with Crippen molar-refractivity contribution in [1.29, 1.82) is 0 Å². The van der Waals surface area contributed by atoms with Gasteiger partial charge in [-0.05, 0) is 18.2 Å². The van der Waals surface area contributed by atoms with Gasteiger partial charge >= 0.3 is 0 Å². The van der Waals surface area contributed by atoms with Crippen LogP contribution in [0.2, 0.25) is 5.02 Å². The molecule has 72 valence electrons. The molecule has 0 bridgehead atoms. The van der Waals surface area contributed by atoms with Crippen molar-refractivity contribution >= 4 is 22.5 Å². The molecule has 0 N–H and O–H groups in total. The number of methoxy groups -OCH3 is 1. The van der Waals surface area contributed by atoms with Crippen LogP contribution in [0, 0.1) is 5.82 Å². The van der Waals surface area contributed by atoms with E-state index in [0.29, 0.717) is 16.2 Å². The molecule has 2 nitrogen and oxygen atoms in total. The zero-order valence-electron chi connectivity index (χ0n) is 7.42. The van der Waals surface area contributed by atoms with Gasteiger partial charge in [0.15, 0.2) is 0 Å². The molecule has 0 radical (unpaired) electrons. The first-order valence-electron chi connectivity index (χ1n) is 4.00. The van der Waals surface area contributed by atoms with Gasteiger partial charge < -0.3 is 4.74 Å². The molecule has 2 aromatic rings. The Kier molecular flexibility index (Phi) is 2.25. The summed E-state index contributed by atoms with van der Waals surface area (Å²) in [7, 11) is 1.51. The van der Waals surface area contributed by atoms with Gasteiger partial charge in [0.05, 0.1) is 17.5 Å². The Morgan fingerprint density at radius 3 is 2.86 bits per heavy atom. The SMILES string of the molecule is COc1ccc(F)c2nccc(Cl)c12. The van der Waals surface area contributed by atoms with E-state index in [2.05, 4.69) is 4.98 Å². The molecule has 0 saturated heterocycles. The van der Waals surface area contributed by atoms with Crippen LogP contribution in [-0.4, -0.2) is 12.1 Å². The maximum Gasteiger partial charge on any atom is 0.149 e. The minimum atomic E-state index is -0.400. The number of halogens is 2. The van der Waals surface area contributed by atoms with Crippen LogP contribution in [-0.2, 0) is 0 Å². The van der Waals surface area contributed by atoms with Crippen molar-refractivity contribution in [2.75, 3.05) is 7.11 Å². The first-order valence-corrected chi connectivity index (χ1v) is 4.38. The third-order valence-corrected chi connectivity index (χ3v) is 2.29. The predicted molar refractivity (Wildman–Crippen MR) is 53.3 cm³/mol. The average molecular weight is 212 g/mol. The monoisotopic (exact) mass is 211 g/mol. The summed E-state index contributed by atoms with van der Waals surface area (Å²) in [5, 5.41) is 0.947. The van der Waals surface area contributed by atoms with E-state index in [4.69, 9.17) is 16.3 Å². The molecule has 2 rings (SSSR count). The molecule has 0 spiro atoms. The summed E-state index contributed by atoms with van der Waals surface area (Å²) in [5.41, 5.74) is 0.233. The topological polar surface area (TPSA) is 22.1 Å². The molecule has 0 fully saturated rings. The highest BCUT2D eigenvalue weighted by atomic mass is 35.5. The van der Waals surface area contributed by atoms with Gasteiger partial charge in [0.2, 0.25) is 0 Å². The highest BCUT2D eigenvalue weighted by molar-refractivity contribution is 6.35. The van der Waals surface area contributed by atoms with Crippen LogP contribution in [0.25, 0.3) is 10.9 Å². The number of nitrogens with zero attached hydrogens (tertiary/aromatic N) is 1. The Bertz CT molecular complexity index is 487. The fourth-order valence-electron chi connectivity index (χ4n) is 1.33. The summed E-state index contributed by atoms with van der Waals surface area (Å²) in [6.07, 6.45) is 1.47. The number of hydrogen-bond acceptors (Lipinski definition) is 2. The number of fused-ring (bicyclic) bond motifs is 1. The second-order valence-electron chi connectivity index (χ2n) is 2.77. The summed E-state index contributed by atoms with van der Waals surface area (Å²) >= 11 is 5.93. The molecule has 0 aliphatic heterocycles. The second-order valence-corrected chi connectivity index (χ2v) is 3.17. The van der Waals surface area contributed by atoms with Crippen molar-refractivity contribution < 1.29 is 9.13 Å². The van der Waals surface area contributed by atoms with Crippen molar-refractivity contribution in [1.82, 2.24) is 4.98 Å². The van der Waals surface area contributed by atoms with Crippen LogP contribution in [0.5, 0.6) is 5.75 Å². The summed E-state index contributed by atoms with van der Waals surface area (Å²) in [6, 6.07) is 4.45. The van der Waals surface area contributed by atoms with Gasteiger partial charge in [0.25, 0.3) is 0 Å². The lowest BCUT2D eigenvalue weighted by molar-refractivity contribution is 0.419. The lowest BCUT2D eigenvalue weighted by Crippen LogP contribution is -1.90. The summed E-state index contributed by atoms with van der Waals surface area (Å²) in [5.74, 6) is 0.128. The fourth-order valence-corrected chi connectivity index (χ4v) is 1.57. The molecule has 0 amide bonds. The largest absolute Gasteiger partial charge is 0.496 e. The molecule has 0 aliphatic rings. The van der Waals surface area contributed by atoms with Gasteiger partial charge in [0.1, 0.15) is 17.1 Å². The fraction of sp³-hybridized carbons (Fsp3) is 0.100. The zero-order chi connectivity index (χ0) is 10.1. The maximum absolute atomic E-state index is 13.3. The molecule has 4 heteroatoms. The molecule has 1 aromatic carbocycles. The molecule has 0 aliphatic carbocycles. The number of hydrogen-bond donors (Lipinski definition) is 0. The Morgan fingerprint density at radius 1 is 1.36 bits per heavy atom. The van der Waals surface area contributed by atoms with Gasteiger partial charge in [-0.3, -0.25) is 4.98 Å². The Labute approximate surface area is 85.3 Å². The van der Waals surface area contributed by atoms with Crippen LogP contribution in [0.4, 0.5) is 4.39 Å². The molecular weight excluding hydrogens is 205 g/mol. The molecule has 14 heavy (non-hydrogen) atoms. The molecule has 1 aromatic heterocycles. The maximum atomic E-state index is 13.3. The van der Waals surface area contributed by atoms with Gasteiger partial charge in [0, 0.05) is 6.20 Å². The summed E-state index contributed by atoms with van der Waals surface area (Å²) in [6.45, 7) is 0. The number of pyridine rings is 1. The van der Waals surface area contributed by atoms with E-state index in [1.54, 1.807) is 6.07 Å². The van der Waals surface area contributed by atoms with Gasteiger partial charge in [-0.25, -0.2) is 4.39 Å². The molecule has 0 atom stereocenters. The third-order valence-electron chi connectivity index (χ3n) is 1.97. The van der Waals surface area contributed by atoms with Crippen LogP contribution >= 0.6 is 11.6 Å². The van der Waals surface area contributed by atoms with Crippen molar-refractivity contribution in [2.45, 2.75) is 0 Å². The van der Waals surface area contributed by atoms with E-state index in [0.717, 1.165) is 0 Å². The van der Waals surface area contributed by atoms with E-state index < -0.39 is 5.82 Å². The molecular formula is C10H7ClFNO. The van der Waals surface area contributed by atoms with Crippen molar-refractivity contribution in [3.05, 3.63) is 35.2 Å². The quantitative estimate of drug-likeness (QED) is 0.723. The van der Waals surface area contributed by atoms with E-state index in [1.807, 2.05) is 0 Å². The van der Waals surface area contributed by atoms with Crippen LogP contribution in [0.1, 0.15) is 0 Å². The highest BCUT2D eigenvalue weighted by Gasteiger charge is 2.10. The number of benzene rings is 1. The van der Waals surface area contributed by atoms with Gasteiger partial charge in [-0.15, -0.1) is 0 Å². The number of aromatic nitrogens is 1. The lowest BCUT2D eigenvalue weighted by atomic mass is 10.2. The van der Waals surface area contributed by atoms with Crippen LogP contribution < -0.4 is 4.74 Å². The Morgan fingerprint density at radius 2 is 2.14 bits per heavy atom. The average Bonchev–Trinajstić information content (AvgIpc) is 2.20. The first-order chi connectivity index (χ1) is 6.74.